The smallest absolute Gasteiger partial charge is 0.317 e. The predicted molar refractivity (Wildman–Crippen MR) is 98.5 cm³/mol. The quantitative estimate of drug-likeness (QED) is 0.901. The van der Waals surface area contributed by atoms with Gasteiger partial charge in [0, 0.05) is 45.0 Å². The number of hydrogen-bond donors (Lipinski definition) is 1. The first-order chi connectivity index (χ1) is 11.7. The molecule has 5 heteroatoms. The van der Waals surface area contributed by atoms with Gasteiger partial charge in [-0.15, -0.1) is 0 Å². The van der Waals surface area contributed by atoms with E-state index in [-0.39, 0.29) is 6.03 Å². The molecule has 1 N–H and O–H groups in total. The van der Waals surface area contributed by atoms with Crippen LogP contribution in [0.3, 0.4) is 0 Å². The highest BCUT2D eigenvalue weighted by atomic mass is 16.2. The second kappa shape index (κ2) is 8.38. The van der Waals surface area contributed by atoms with Crippen molar-refractivity contribution in [3.63, 3.8) is 0 Å². The number of nitrogens with zero attached hydrogens (tertiary/aromatic N) is 3. The Morgan fingerprint density at radius 3 is 2.67 bits per heavy atom. The second-order valence-corrected chi connectivity index (χ2v) is 6.97. The summed E-state index contributed by atoms with van der Waals surface area (Å²) >= 11 is 0. The second-order valence-electron chi connectivity index (χ2n) is 6.97. The van der Waals surface area contributed by atoms with Crippen molar-refractivity contribution in [2.45, 2.75) is 31.7 Å². The molecule has 1 aromatic carbocycles. The topological polar surface area (TPSA) is 38.8 Å². The lowest BCUT2D eigenvalue weighted by Crippen LogP contribution is -2.45. The molecule has 0 radical (unpaired) electrons. The molecule has 1 aromatic rings. The lowest BCUT2D eigenvalue weighted by Gasteiger charge is -2.32. The molecular formula is C19H30N4O. The molecule has 0 bridgehead atoms. The van der Waals surface area contributed by atoms with Gasteiger partial charge >= 0.3 is 6.03 Å². The molecule has 132 valence electrons. The summed E-state index contributed by atoms with van der Waals surface area (Å²) in [6.45, 7) is 5.69. The van der Waals surface area contributed by atoms with E-state index in [2.05, 4.69) is 34.3 Å². The summed E-state index contributed by atoms with van der Waals surface area (Å²) in [5, 5.41) is 3.08. The molecule has 2 aliphatic rings. The first-order valence-electron chi connectivity index (χ1n) is 9.27. The lowest BCUT2D eigenvalue weighted by molar-refractivity contribution is 0.161. The van der Waals surface area contributed by atoms with E-state index >= 15 is 0 Å². The van der Waals surface area contributed by atoms with Crippen molar-refractivity contribution >= 4 is 11.7 Å². The molecule has 0 unspecified atom stereocenters. The van der Waals surface area contributed by atoms with Gasteiger partial charge in [0.2, 0.25) is 0 Å². The molecule has 2 amide bonds. The SMILES string of the molecule is CN(CCNC(=O)N1CC[C@@H](N2CCCCC2)C1)c1ccccc1. The minimum atomic E-state index is 0.0935. The van der Waals surface area contributed by atoms with Gasteiger partial charge in [-0.3, -0.25) is 4.90 Å². The third kappa shape index (κ3) is 4.41. The van der Waals surface area contributed by atoms with E-state index in [0.29, 0.717) is 12.6 Å². The Labute approximate surface area is 145 Å². The van der Waals surface area contributed by atoms with E-state index in [4.69, 9.17) is 0 Å². The van der Waals surface area contributed by atoms with E-state index in [1.165, 1.54) is 38.0 Å². The van der Waals surface area contributed by atoms with Crippen molar-refractivity contribution in [1.82, 2.24) is 15.1 Å². The van der Waals surface area contributed by atoms with Crippen LogP contribution in [0.25, 0.3) is 0 Å². The summed E-state index contributed by atoms with van der Waals surface area (Å²) in [5.74, 6) is 0. The molecule has 1 atom stereocenters. The highest BCUT2D eigenvalue weighted by Gasteiger charge is 2.30. The average Bonchev–Trinajstić information content (AvgIpc) is 3.13. The van der Waals surface area contributed by atoms with Crippen molar-refractivity contribution < 1.29 is 4.79 Å². The molecule has 24 heavy (non-hydrogen) atoms. The Bertz CT molecular complexity index is 515. The van der Waals surface area contributed by atoms with E-state index < -0.39 is 0 Å². The maximum Gasteiger partial charge on any atom is 0.317 e. The molecule has 2 heterocycles. The Morgan fingerprint density at radius 2 is 1.92 bits per heavy atom. The van der Waals surface area contributed by atoms with Crippen molar-refractivity contribution in [2.24, 2.45) is 0 Å². The standard InChI is InChI=1S/C19H30N4O/c1-21(17-8-4-2-5-9-17)15-11-20-19(24)23-14-10-18(16-23)22-12-6-3-7-13-22/h2,4-5,8-9,18H,3,6-7,10-16H2,1H3,(H,20,24)/t18-/m1/s1. The molecule has 2 fully saturated rings. The number of amides is 2. The first kappa shape index (κ1) is 17.1. The van der Waals surface area contributed by atoms with Gasteiger partial charge in [-0.1, -0.05) is 24.6 Å². The van der Waals surface area contributed by atoms with Gasteiger partial charge in [0.15, 0.2) is 0 Å². The van der Waals surface area contributed by atoms with Crippen LogP contribution >= 0.6 is 0 Å². The number of piperidine rings is 1. The lowest BCUT2D eigenvalue weighted by atomic mass is 10.1. The highest BCUT2D eigenvalue weighted by molar-refractivity contribution is 5.74. The molecule has 3 rings (SSSR count). The summed E-state index contributed by atoms with van der Waals surface area (Å²) in [7, 11) is 2.06. The maximum absolute atomic E-state index is 12.4. The summed E-state index contributed by atoms with van der Waals surface area (Å²) < 4.78 is 0. The number of likely N-dealkylation sites (tertiary alicyclic amines) is 2. The van der Waals surface area contributed by atoms with Gasteiger partial charge in [-0.05, 0) is 44.5 Å². The molecule has 0 aliphatic carbocycles. The first-order valence-corrected chi connectivity index (χ1v) is 9.27. The van der Waals surface area contributed by atoms with E-state index in [1.54, 1.807) is 0 Å². The van der Waals surface area contributed by atoms with Crippen LogP contribution in [0.1, 0.15) is 25.7 Å². The Hall–Kier alpha value is -1.75. The van der Waals surface area contributed by atoms with Crippen molar-refractivity contribution in [3.05, 3.63) is 30.3 Å². The third-order valence-corrected chi connectivity index (χ3v) is 5.28. The number of carbonyl (C=O) groups is 1. The Kier molecular flexibility index (Phi) is 5.96. The van der Waals surface area contributed by atoms with Gasteiger partial charge < -0.3 is 15.1 Å². The summed E-state index contributed by atoms with van der Waals surface area (Å²) in [4.78, 5) is 19.1. The summed E-state index contributed by atoms with van der Waals surface area (Å²) in [6.07, 6.45) is 5.11. The normalized spacial score (nSPS) is 21.7. The number of carbonyl (C=O) groups excluding carboxylic acids is 1. The zero-order chi connectivity index (χ0) is 16.8. The van der Waals surface area contributed by atoms with Gasteiger partial charge in [0.05, 0.1) is 0 Å². The third-order valence-electron chi connectivity index (χ3n) is 5.28. The van der Waals surface area contributed by atoms with Crippen LogP contribution in [0, 0.1) is 0 Å². The fraction of sp³-hybridized carbons (Fsp3) is 0.632. The summed E-state index contributed by atoms with van der Waals surface area (Å²) in [6, 6.07) is 10.9. The van der Waals surface area contributed by atoms with Crippen molar-refractivity contribution in [2.75, 3.05) is 51.2 Å². The number of urea groups is 1. The van der Waals surface area contributed by atoms with Crippen molar-refractivity contribution in [1.29, 1.82) is 0 Å². The highest BCUT2D eigenvalue weighted by Crippen LogP contribution is 2.20. The van der Waals surface area contributed by atoms with Crippen LogP contribution in [0.2, 0.25) is 0 Å². The van der Waals surface area contributed by atoms with E-state index in [0.717, 1.165) is 26.1 Å². The fourth-order valence-electron chi connectivity index (χ4n) is 3.76. The number of likely N-dealkylation sites (N-methyl/N-ethyl adjacent to an activating group) is 1. The van der Waals surface area contributed by atoms with Gasteiger partial charge in [-0.2, -0.15) is 0 Å². The van der Waals surface area contributed by atoms with Crippen LogP contribution in [0.15, 0.2) is 30.3 Å². The monoisotopic (exact) mass is 330 g/mol. The molecule has 0 spiro atoms. The number of nitrogens with one attached hydrogen (secondary N) is 1. The van der Waals surface area contributed by atoms with Gasteiger partial charge in [0.1, 0.15) is 0 Å². The number of hydrogen-bond acceptors (Lipinski definition) is 3. The van der Waals surface area contributed by atoms with Gasteiger partial charge in [0.25, 0.3) is 0 Å². The van der Waals surface area contributed by atoms with Crippen LogP contribution in [0.4, 0.5) is 10.5 Å². The Morgan fingerprint density at radius 1 is 1.17 bits per heavy atom. The van der Waals surface area contributed by atoms with Crippen LogP contribution in [-0.4, -0.2) is 68.2 Å². The van der Waals surface area contributed by atoms with Crippen LogP contribution in [0.5, 0.6) is 0 Å². The number of benzene rings is 1. The van der Waals surface area contributed by atoms with E-state index in [1.807, 2.05) is 23.1 Å². The van der Waals surface area contributed by atoms with Crippen molar-refractivity contribution in [3.8, 4) is 0 Å². The zero-order valence-electron chi connectivity index (χ0n) is 14.8. The summed E-state index contributed by atoms with van der Waals surface area (Å²) in [5.41, 5.74) is 1.18. The molecular weight excluding hydrogens is 300 g/mol. The average molecular weight is 330 g/mol. The number of anilines is 1. The molecule has 0 saturated carbocycles. The largest absolute Gasteiger partial charge is 0.373 e. The fourth-order valence-corrected chi connectivity index (χ4v) is 3.76. The maximum atomic E-state index is 12.4. The minimum Gasteiger partial charge on any atom is -0.373 e. The molecule has 5 nitrogen and oxygen atoms in total. The minimum absolute atomic E-state index is 0.0935. The van der Waals surface area contributed by atoms with Crippen LogP contribution in [-0.2, 0) is 0 Å². The Balaban J connectivity index is 1.38. The van der Waals surface area contributed by atoms with Gasteiger partial charge in [-0.25, -0.2) is 4.79 Å². The van der Waals surface area contributed by atoms with E-state index in [9.17, 15) is 4.79 Å². The van der Waals surface area contributed by atoms with Crippen LogP contribution < -0.4 is 10.2 Å². The molecule has 0 aromatic heterocycles. The predicted octanol–water partition coefficient (Wildman–Crippen LogP) is 2.39. The number of para-hydroxylation sites is 1. The molecule has 2 aliphatic heterocycles. The number of rotatable bonds is 5. The molecule has 2 saturated heterocycles. The zero-order valence-corrected chi connectivity index (χ0v) is 14.8.